The first-order chi connectivity index (χ1) is 15.3. The zero-order chi connectivity index (χ0) is 23.7. The molecule has 0 atom stereocenters. The lowest BCUT2D eigenvalue weighted by Gasteiger charge is -2.12. The number of ether oxygens (including phenoxy) is 1. The quantitative estimate of drug-likeness (QED) is 0.145. The highest BCUT2D eigenvalue weighted by Crippen LogP contribution is 2.18. The smallest absolute Gasteiger partial charge is 0.360 e. The third kappa shape index (κ3) is 6.63. The zero-order valence-electron chi connectivity index (χ0n) is 18.2. The van der Waals surface area contributed by atoms with Gasteiger partial charge in [-0.25, -0.2) is 4.79 Å². The number of aryl methyl sites for hydroxylation is 1. The number of oxime groups is 2. The van der Waals surface area contributed by atoms with Gasteiger partial charge in [-0.05, 0) is 43.2 Å². The number of rotatable bonds is 9. The van der Waals surface area contributed by atoms with E-state index in [1.165, 1.54) is 14.2 Å². The van der Waals surface area contributed by atoms with Crippen molar-refractivity contribution in [3.63, 3.8) is 0 Å². The maximum Gasteiger partial charge on any atom is 0.360 e. The topological polar surface area (TPSA) is 95.5 Å². The number of nitrogens with zero attached hydrogens (tertiary/aromatic N) is 2. The van der Waals surface area contributed by atoms with E-state index in [2.05, 4.69) is 10.3 Å². The zero-order valence-corrected chi connectivity index (χ0v) is 19.8. The Labute approximate surface area is 197 Å². The molecule has 0 bridgehead atoms. The van der Waals surface area contributed by atoms with Gasteiger partial charge in [-0.15, -0.1) is 0 Å². The lowest BCUT2D eigenvalue weighted by molar-refractivity contribution is -0.132. The van der Waals surface area contributed by atoms with Crippen LogP contribution >= 0.6 is 23.8 Å². The maximum absolute atomic E-state index is 12.1. The highest BCUT2D eigenvalue weighted by atomic mass is 35.5. The number of esters is 1. The van der Waals surface area contributed by atoms with Crippen LogP contribution < -0.4 is 5.73 Å². The average Bonchev–Trinajstić information content (AvgIpc) is 2.78. The number of allylic oxidation sites excluding steroid dienone is 2. The number of methoxy groups -OCH3 is 1. The van der Waals surface area contributed by atoms with Crippen LogP contribution in [0.3, 0.4) is 0 Å². The summed E-state index contributed by atoms with van der Waals surface area (Å²) >= 11 is 11.3. The van der Waals surface area contributed by atoms with Gasteiger partial charge in [0, 0.05) is 21.0 Å². The lowest BCUT2D eigenvalue weighted by atomic mass is 9.99. The van der Waals surface area contributed by atoms with Crippen molar-refractivity contribution in [2.24, 2.45) is 16.0 Å². The van der Waals surface area contributed by atoms with Gasteiger partial charge in [-0.3, -0.25) is 0 Å². The van der Waals surface area contributed by atoms with Crippen LogP contribution in [0, 0.1) is 6.92 Å². The van der Waals surface area contributed by atoms with Crippen LogP contribution in [0.5, 0.6) is 0 Å². The molecular weight excluding hydrogens is 450 g/mol. The Bertz CT molecular complexity index is 1080. The van der Waals surface area contributed by atoms with Crippen molar-refractivity contribution in [2.75, 3.05) is 14.2 Å². The Kier molecular flexibility index (Phi) is 9.37. The van der Waals surface area contributed by atoms with Gasteiger partial charge in [0.05, 0.1) is 18.5 Å². The van der Waals surface area contributed by atoms with Crippen LogP contribution in [0.25, 0.3) is 0 Å². The van der Waals surface area contributed by atoms with Gasteiger partial charge in [-0.2, -0.15) is 0 Å². The molecule has 2 rings (SSSR count). The molecule has 0 fully saturated rings. The van der Waals surface area contributed by atoms with E-state index in [0.29, 0.717) is 32.4 Å². The summed E-state index contributed by atoms with van der Waals surface area (Å²) in [5, 5.41) is 8.52. The van der Waals surface area contributed by atoms with E-state index in [1.54, 1.807) is 37.3 Å². The molecule has 0 radical (unpaired) electrons. The Balaban J connectivity index is 2.19. The summed E-state index contributed by atoms with van der Waals surface area (Å²) in [4.78, 5) is 23.0. The fourth-order valence-electron chi connectivity index (χ4n) is 2.69. The highest BCUT2D eigenvalue weighted by molar-refractivity contribution is 7.81. The number of benzene rings is 2. The van der Waals surface area contributed by atoms with Crippen LogP contribution in [-0.4, -0.2) is 36.5 Å². The summed E-state index contributed by atoms with van der Waals surface area (Å²) in [6, 6.07) is 12.6. The molecule has 0 aliphatic carbocycles. The minimum Gasteiger partial charge on any atom is -0.464 e. The SMILES string of the molecule is CO/N=C(/C(=O)OC)c1cccc(C)c1CO/N=C(C)/C(N)=C/C(=S)c1ccc(Cl)cc1. The summed E-state index contributed by atoms with van der Waals surface area (Å²) in [7, 11) is 2.63. The molecule has 168 valence electrons. The first-order valence-electron chi connectivity index (χ1n) is 9.50. The molecule has 2 aromatic rings. The maximum atomic E-state index is 12.1. The molecule has 7 nitrogen and oxygen atoms in total. The molecule has 0 saturated carbocycles. The molecule has 32 heavy (non-hydrogen) atoms. The normalized spacial score (nSPS) is 12.3. The van der Waals surface area contributed by atoms with Gasteiger partial charge >= 0.3 is 5.97 Å². The van der Waals surface area contributed by atoms with Gasteiger partial charge in [-0.1, -0.05) is 64.5 Å². The number of hydrogen-bond acceptors (Lipinski definition) is 8. The third-order valence-electron chi connectivity index (χ3n) is 4.47. The van der Waals surface area contributed by atoms with Crippen molar-refractivity contribution >= 4 is 46.1 Å². The van der Waals surface area contributed by atoms with E-state index in [1.807, 2.05) is 25.1 Å². The first-order valence-corrected chi connectivity index (χ1v) is 10.3. The average molecular weight is 474 g/mol. The van der Waals surface area contributed by atoms with E-state index in [9.17, 15) is 4.79 Å². The van der Waals surface area contributed by atoms with Gasteiger partial charge < -0.3 is 20.1 Å². The van der Waals surface area contributed by atoms with E-state index in [0.717, 1.165) is 11.1 Å². The summed E-state index contributed by atoms with van der Waals surface area (Å²) < 4.78 is 4.81. The number of carbonyl (C=O) groups is 1. The van der Waals surface area contributed by atoms with Crippen LogP contribution in [0.4, 0.5) is 0 Å². The number of hydrogen-bond donors (Lipinski definition) is 1. The molecule has 0 spiro atoms. The van der Waals surface area contributed by atoms with Crippen molar-refractivity contribution in [3.8, 4) is 0 Å². The Morgan fingerprint density at radius 3 is 2.47 bits per heavy atom. The standard InChI is InChI=1S/C23H24ClN3O4S/c1-14-6-5-7-18(22(27-30-4)23(28)29-3)19(14)13-31-26-15(2)20(25)12-21(32)16-8-10-17(24)11-9-16/h5-12H,13,25H2,1-4H3/b20-12-,26-15+,27-22+. The molecule has 0 aromatic heterocycles. The molecule has 0 heterocycles. The van der Waals surface area contributed by atoms with Gasteiger partial charge in [0.15, 0.2) is 5.71 Å². The predicted molar refractivity (Wildman–Crippen MR) is 130 cm³/mol. The monoisotopic (exact) mass is 473 g/mol. The van der Waals surface area contributed by atoms with E-state index >= 15 is 0 Å². The Morgan fingerprint density at radius 1 is 1.16 bits per heavy atom. The number of halogens is 1. The van der Waals surface area contributed by atoms with Crippen LogP contribution in [0.1, 0.15) is 29.2 Å². The van der Waals surface area contributed by atoms with Crippen molar-refractivity contribution in [2.45, 2.75) is 20.5 Å². The van der Waals surface area contributed by atoms with Crippen molar-refractivity contribution < 1.29 is 19.2 Å². The molecule has 0 saturated heterocycles. The minimum atomic E-state index is -0.624. The molecule has 2 aromatic carbocycles. The van der Waals surface area contributed by atoms with E-state index < -0.39 is 5.97 Å². The summed E-state index contributed by atoms with van der Waals surface area (Å²) in [5.41, 5.74) is 9.91. The van der Waals surface area contributed by atoms with Crippen molar-refractivity contribution in [1.29, 1.82) is 0 Å². The molecule has 0 aliphatic heterocycles. The predicted octanol–water partition coefficient (Wildman–Crippen LogP) is 4.33. The number of nitrogens with two attached hydrogens (primary N) is 1. The largest absolute Gasteiger partial charge is 0.464 e. The van der Waals surface area contributed by atoms with E-state index in [4.69, 9.17) is 44.0 Å². The first kappa shape index (κ1) is 25.0. The Morgan fingerprint density at radius 2 is 1.84 bits per heavy atom. The second-order valence-corrected chi connectivity index (χ2v) is 7.51. The van der Waals surface area contributed by atoms with Crippen LogP contribution in [-0.2, 0) is 25.8 Å². The molecule has 9 heteroatoms. The van der Waals surface area contributed by atoms with Gasteiger partial charge in [0.1, 0.15) is 13.7 Å². The third-order valence-corrected chi connectivity index (χ3v) is 5.08. The minimum absolute atomic E-state index is 0.0331. The van der Waals surface area contributed by atoms with Crippen molar-refractivity contribution in [3.05, 3.63) is 81.5 Å². The second-order valence-electron chi connectivity index (χ2n) is 6.64. The van der Waals surface area contributed by atoms with Gasteiger partial charge in [0.25, 0.3) is 0 Å². The van der Waals surface area contributed by atoms with Gasteiger partial charge in [0.2, 0.25) is 0 Å². The molecule has 0 amide bonds. The molecule has 2 N–H and O–H groups in total. The van der Waals surface area contributed by atoms with Crippen LogP contribution in [0.15, 0.2) is 64.5 Å². The molecule has 0 unspecified atom stereocenters. The number of thiocarbonyl (C=S) groups is 1. The summed E-state index contributed by atoms with van der Waals surface area (Å²) in [6.45, 7) is 3.68. The Hall–Kier alpha value is -3.23. The summed E-state index contributed by atoms with van der Waals surface area (Å²) in [5.74, 6) is -0.624. The van der Waals surface area contributed by atoms with E-state index in [-0.39, 0.29) is 12.3 Å². The lowest BCUT2D eigenvalue weighted by Crippen LogP contribution is -2.20. The van der Waals surface area contributed by atoms with Crippen LogP contribution in [0.2, 0.25) is 5.02 Å². The molecule has 0 aliphatic rings. The second kappa shape index (κ2) is 12.0. The summed E-state index contributed by atoms with van der Waals surface area (Å²) in [6.07, 6.45) is 1.64. The highest BCUT2D eigenvalue weighted by Gasteiger charge is 2.20. The number of carbonyl (C=O) groups excluding carboxylic acids is 1. The fourth-order valence-corrected chi connectivity index (χ4v) is 3.08. The van der Waals surface area contributed by atoms with Crippen molar-refractivity contribution in [1.82, 2.24) is 0 Å². The fraction of sp³-hybridized carbons (Fsp3) is 0.217. The molecular formula is C23H24ClN3O4S.